The first-order valence-electron chi connectivity index (χ1n) is 6.46. The van der Waals surface area contributed by atoms with Gasteiger partial charge in [0.1, 0.15) is 0 Å². The van der Waals surface area contributed by atoms with Crippen LogP contribution in [0, 0.1) is 0 Å². The summed E-state index contributed by atoms with van der Waals surface area (Å²) in [6.45, 7) is 12.9. The molecule has 1 atom stereocenters. The third-order valence-electron chi connectivity index (χ3n) is 2.99. The monoisotopic (exact) mass is 402 g/mol. The zero-order chi connectivity index (χ0) is 14.5. The van der Waals surface area contributed by atoms with E-state index in [-0.39, 0.29) is 0 Å². The minimum Gasteiger partial charge on any atom is -0.449 e. The van der Waals surface area contributed by atoms with Crippen molar-refractivity contribution in [2.24, 2.45) is 0 Å². The van der Waals surface area contributed by atoms with Crippen molar-refractivity contribution >= 4 is 44.8 Å². The maximum absolute atomic E-state index is 6.49. The SMILES string of the molecule is C=C[Si](C)(CI)O[Si](C)(C)/C=C(\C)c1ccccc1. The van der Waals surface area contributed by atoms with Crippen LogP contribution in [-0.2, 0) is 4.12 Å². The van der Waals surface area contributed by atoms with Crippen molar-refractivity contribution in [2.45, 2.75) is 26.6 Å². The van der Waals surface area contributed by atoms with Crippen molar-refractivity contribution in [1.82, 2.24) is 0 Å². The van der Waals surface area contributed by atoms with Gasteiger partial charge in [0.15, 0.2) is 8.32 Å². The van der Waals surface area contributed by atoms with E-state index in [0.717, 1.165) is 4.05 Å². The highest BCUT2D eigenvalue weighted by molar-refractivity contribution is 14.1. The van der Waals surface area contributed by atoms with Crippen LogP contribution in [0.2, 0.25) is 19.6 Å². The highest BCUT2D eigenvalue weighted by Gasteiger charge is 2.32. The first kappa shape index (κ1) is 16.9. The largest absolute Gasteiger partial charge is 0.449 e. The summed E-state index contributed by atoms with van der Waals surface area (Å²) >= 11 is 2.42. The van der Waals surface area contributed by atoms with Gasteiger partial charge in [0.05, 0.1) is 0 Å². The van der Waals surface area contributed by atoms with Crippen molar-refractivity contribution in [3.05, 3.63) is 53.9 Å². The Kier molecular flexibility index (Phi) is 6.23. The molecule has 0 aliphatic rings. The molecule has 0 aromatic heterocycles. The number of halogens is 1. The van der Waals surface area contributed by atoms with Gasteiger partial charge in [-0.15, -0.1) is 6.58 Å². The Morgan fingerprint density at radius 3 is 2.32 bits per heavy atom. The molecule has 104 valence electrons. The predicted octanol–water partition coefficient (Wildman–Crippen LogP) is 5.13. The Hall–Kier alpha value is -0.176. The number of benzene rings is 1. The lowest BCUT2D eigenvalue weighted by molar-refractivity contribution is 0.571. The first-order chi connectivity index (χ1) is 8.82. The minimum absolute atomic E-state index is 1.06. The summed E-state index contributed by atoms with van der Waals surface area (Å²) in [6, 6.07) is 10.5. The average Bonchev–Trinajstić information content (AvgIpc) is 2.38. The van der Waals surface area contributed by atoms with E-state index >= 15 is 0 Å². The van der Waals surface area contributed by atoms with E-state index in [2.05, 4.69) is 91.4 Å². The van der Waals surface area contributed by atoms with Crippen LogP contribution in [-0.4, -0.2) is 20.7 Å². The molecule has 1 rings (SSSR count). The molecular weight excluding hydrogens is 379 g/mol. The molecule has 0 spiro atoms. The predicted molar refractivity (Wildman–Crippen MR) is 99.4 cm³/mol. The van der Waals surface area contributed by atoms with Gasteiger partial charge in [-0.25, -0.2) is 0 Å². The van der Waals surface area contributed by atoms with Crippen LogP contribution < -0.4 is 0 Å². The van der Waals surface area contributed by atoms with E-state index in [1.165, 1.54) is 11.1 Å². The Bertz CT molecular complexity index is 456. The van der Waals surface area contributed by atoms with Crippen molar-refractivity contribution in [2.75, 3.05) is 4.05 Å². The van der Waals surface area contributed by atoms with E-state index in [1.54, 1.807) is 0 Å². The Morgan fingerprint density at radius 1 is 1.26 bits per heavy atom. The second-order valence-electron chi connectivity index (χ2n) is 5.55. The fraction of sp³-hybridized carbons (Fsp3) is 0.333. The highest BCUT2D eigenvalue weighted by atomic mass is 127. The van der Waals surface area contributed by atoms with Crippen LogP contribution in [0.3, 0.4) is 0 Å². The second-order valence-corrected chi connectivity index (χ2v) is 15.5. The van der Waals surface area contributed by atoms with Gasteiger partial charge in [0.2, 0.25) is 8.32 Å². The van der Waals surface area contributed by atoms with Gasteiger partial charge in [-0.2, -0.15) is 0 Å². The molecule has 1 unspecified atom stereocenters. The zero-order valence-corrected chi connectivity index (χ0v) is 16.4. The van der Waals surface area contributed by atoms with E-state index in [0.29, 0.717) is 0 Å². The summed E-state index contributed by atoms with van der Waals surface area (Å²) in [5, 5.41) is 0. The van der Waals surface area contributed by atoms with Gasteiger partial charge >= 0.3 is 0 Å². The Morgan fingerprint density at radius 2 is 1.84 bits per heavy atom. The van der Waals surface area contributed by atoms with Crippen LogP contribution in [0.1, 0.15) is 12.5 Å². The minimum atomic E-state index is -1.80. The van der Waals surface area contributed by atoms with Crippen LogP contribution in [0.15, 0.2) is 48.3 Å². The number of allylic oxidation sites excluding steroid dienone is 1. The van der Waals surface area contributed by atoms with Crippen LogP contribution in [0.25, 0.3) is 5.57 Å². The second kappa shape index (κ2) is 7.01. The molecule has 0 bridgehead atoms. The first-order valence-corrected chi connectivity index (χ1v) is 13.7. The molecule has 0 saturated heterocycles. The summed E-state index contributed by atoms with van der Waals surface area (Å²) in [7, 11) is -3.54. The number of alkyl halides is 1. The molecule has 0 radical (unpaired) electrons. The molecule has 0 N–H and O–H groups in total. The maximum atomic E-state index is 6.49. The number of hydrogen-bond donors (Lipinski definition) is 0. The van der Waals surface area contributed by atoms with E-state index in [1.807, 2.05) is 6.07 Å². The molecule has 0 heterocycles. The Balaban J connectivity index is 2.92. The Labute approximate surface area is 133 Å². The molecule has 19 heavy (non-hydrogen) atoms. The molecule has 0 amide bonds. The van der Waals surface area contributed by atoms with Gasteiger partial charge in [0, 0.05) is 4.05 Å². The standard InChI is InChI=1S/C15H23IOSi2/c1-6-19(5,13-16)17-18(3,4)12-14(2)15-10-8-7-9-11-15/h6-12H,1,13H2,2-5H3/b14-12+. The van der Waals surface area contributed by atoms with Gasteiger partial charge in [-0.05, 0) is 37.7 Å². The molecule has 0 fully saturated rings. The molecular formula is C15H23IOSi2. The molecule has 0 aliphatic heterocycles. The van der Waals surface area contributed by atoms with Gasteiger partial charge in [-0.1, -0.05) is 64.3 Å². The van der Waals surface area contributed by atoms with Crippen molar-refractivity contribution in [1.29, 1.82) is 0 Å². The summed E-state index contributed by atoms with van der Waals surface area (Å²) in [5.41, 5.74) is 7.00. The smallest absolute Gasteiger partial charge is 0.211 e. The highest BCUT2D eigenvalue weighted by Crippen LogP contribution is 2.23. The van der Waals surface area contributed by atoms with Crippen LogP contribution in [0.4, 0.5) is 0 Å². The van der Waals surface area contributed by atoms with E-state index < -0.39 is 16.6 Å². The summed E-state index contributed by atoms with van der Waals surface area (Å²) in [5.74, 6) is 0. The quantitative estimate of drug-likeness (QED) is 0.364. The number of hydrogen-bond acceptors (Lipinski definition) is 1. The topological polar surface area (TPSA) is 9.23 Å². The van der Waals surface area contributed by atoms with Gasteiger partial charge in [0.25, 0.3) is 0 Å². The zero-order valence-electron chi connectivity index (χ0n) is 12.2. The van der Waals surface area contributed by atoms with Crippen molar-refractivity contribution in [3.8, 4) is 0 Å². The third kappa shape index (κ3) is 5.37. The van der Waals surface area contributed by atoms with Crippen LogP contribution >= 0.6 is 22.6 Å². The van der Waals surface area contributed by atoms with Crippen LogP contribution in [0.5, 0.6) is 0 Å². The lowest BCUT2D eigenvalue weighted by Gasteiger charge is -2.31. The summed E-state index contributed by atoms with van der Waals surface area (Å²) in [6.07, 6.45) is 0. The van der Waals surface area contributed by atoms with E-state index in [9.17, 15) is 0 Å². The fourth-order valence-electron chi connectivity index (χ4n) is 2.06. The molecule has 0 saturated carbocycles. The third-order valence-corrected chi connectivity index (χ3v) is 14.0. The summed E-state index contributed by atoms with van der Waals surface area (Å²) < 4.78 is 7.55. The van der Waals surface area contributed by atoms with Crippen molar-refractivity contribution < 1.29 is 4.12 Å². The average molecular weight is 402 g/mol. The molecule has 1 aromatic carbocycles. The van der Waals surface area contributed by atoms with Gasteiger partial charge in [-0.3, -0.25) is 0 Å². The fourth-order valence-corrected chi connectivity index (χ4v) is 11.3. The molecule has 1 aromatic rings. The summed E-state index contributed by atoms with van der Waals surface area (Å²) in [4.78, 5) is 0. The molecule has 0 aliphatic carbocycles. The van der Waals surface area contributed by atoms with E-state index in [4.69, 9.17) is 4.12 Å². The van der Waals surface area contributed by atoms with Gasteiger partial charge < -0.3 is 4.12 Å². The maximum Gasteiger partial charge on any atom is 0.211 e. The molecule has 1 nitrogen and oxygen atoms in total. The van der Waals surface area contributed by atoms with Crippen molar-refractivity contribution in [3.63, 3.8) is 0 Å². The molecule has 4 heteroatoms. The lowest BCUT2D eigenvalue weighted by Crippen LogP contribution is -2.46. The lowest BCUT2D eigenvalue weighted by atomic mass is 10.1. The number of rotatable bonds is 6. The normalized spacial score (nSPS) is 15.9.